The summed E-state index contributed by atoms with van der Waals surface area (Å²) in [7, 11) is 0. The van der Waals surface area contributed by atoms with Gasteiger partial charge in [-0.05, 0) is 38.8 Å². The number of amides is 1. The summed E-state index contributed by atoms with van der Waals surface area (Å²) in [5.41, 5.74) is 1.17. The van der Waals surface area contributed by atoms with Gasteiger partial charge in [0.05, 0.1) is 0 Å². The van der Waals surface area contributed by atoms with Crippen molar-refractivity contribution in [2.24, 2.45) is 0 Å². The van der Waals surface area contributed by atoms with Crippen LogP contribution >= 0.6 is 0 Å². The zero-order chi connectivity index (χ0) is 14.8. The Morgan fingerprint density at radius 1 is 1.25 bits per heavy atom. The van der Waals surface area contributed by atoms with Gasteiger partial charge in [0.25, 0.3) is 5.91 Å². The first-order chi connectivity index (χ1) is 9.67. The standard InChI is InChI=1S/C16H25NO3/c1-4-15(16(18)17-11-6-12-19-5-2)20-14-9-7-13(3)8-10-14/h7-10,15H,4-6,11-12H2,1-3H3,(H,17,18)/t15-/m0/s1. The van der Waals surface area contributed by atoms with Crippen molar-refractivity contribution in [3.63, 3.8) is 0 Å². The van der Waals surface area contributed by atoms with Crippen molar-refractivity contribution in [3.05, 3.63) is 29.8 Å². The highest BCUT2D eigenvalue weighted by Gasteiger charge is 2.17. The van der Waals surface area contributed by atoms with Gasteiger partial charge in [-0.3, -0.25) is 4.79 Å². The summed E-state index contributed by atoms with van der Waals surface area (Å²) in [6.45, 7) is 7.92. The molecule has 0 aliphatic carbocycles. The molecule has 0 aliphatic rings. The molecular weight excluding hydrogens is 254 g/mol. The average Bonchev–Trinajstić information content (AvgIpc) is 2.46. The lowest BCUT2D eigenvalue weighted by Gasteiger charge is -2.17. The Hall–Kier alpha value is -1.55. The number of carbonyl (C=O) groups excluding carboxylic acids is 1. The number of ether oxygens (including phenoxy) is 2. The SMILES string of the molecule is CCOCCCNC(=O)[C@H](CC)Oc1ccc(C)cc1. The van der Waals surface area contributed by atoms with Crippen LogP contribution < -0.4 is 10.1 Å². The highest BCUT2D eigenvalue weighted by molar-refractivity contribution is 5.81. The normalized spacial score (nSPS) is 11.9. The first kappa shape index (κ1) is 16.5. The summed E-state index contributed by atoms with van der Waals surface area (Å²) >= 11 is 0. The Morgan fingerprint density at radius 2 is 1.95 bits per heavy atom. The van der Waals surface area contributed by atoms with Crippen LogP contribution in [0.1, 0.15) is 32.3 Å². The van der Waals surface area contributed by atoms with Gasteiger partial charge in [-0.25, -0.2) is 0 Å². The van der Waals surface area contributed by atoms with Gasteiger partial charge in [-0.1, -0.05) is 24.6 Å². The van der Waals surface area contributed by atoms with Crippen LogP contribution in [-0.4, -0.2) is 31.8 Å². The fourth-order valence-electron chi connectivity index (χ4n) is 1.75. The maximum atomic E-state index is 12.0. The lowest BCUT2D eigenvalue weighted by atomic mass is 10.2. The van der Waals surface area contributed by atoms with Crippen molar-refractivity contribution in [3.8, 4) is 5.75 Å². The molecule has 0 fully saturated rings. The second-order valence-electron chi connectivity index (χ2n) is 4.67. The number of rotatable bonds is 9. The molecule has 1 rings (SSSR count). The second-order valence-corrected chi connectivity index (χ2v) is 4.67. The van der Waals surface area contributed by atoms with Crippen LogP contribution in [0.4, 0.5) is 0 Å². The molecule has 4 nitrogen and oxygen atoms in total. The third-order valence-electron chi connectivity index (χ3n) is 2.93. The van der Waals surface area contributed by atoms with Crippen molar-refractivity contribution < 1.29 is 14.3 Å². The summed E-state index contributed by atoms with van der Waals surface area (Å²) in [6.07, 6.45) is 1.02. The minimum Gasteiger partial charge on any atom is -0.481 e. The van der Waals surface area contributed by atoms with E-state index < -0.39 is 6.10 Å². The van der Waals surface area contributed by atoms with E-state index in [-0.39, 0.29) is 5.91 Å². The van der Waals surface area contributed by atoms with Gasteiger partial charge in [0, 0.05) is 19.8 Å². The van der Waals surface area contributed by atoms with E-state index in [0.29, 0.717) is 26.2 Å². The van der Waals surface area contributed by atoms with Gasteiger partial charge in [0.15, 0.2) is 6.10 Å². The quantitative estimate of drug-likeness (QED) is 0.707. The first-order valence-electron chi connectivity index (χ1n) is 7.26. The molecule has 0 unspecified atom stereocenters. The fourth-order valence-corrected chi connectivity index (χ4v) is 1.75. The van der Waals surface area contributed by atoms with E-state index in [2.05, 4.69) is 5.32 Å². The van der Waals surface area contributed by atoms with E-state index in [4.69, 9.17) is 9.47 Å². The van der Waals surface area contributed by atoms with Crippen molar-refractivity contribution in [1.29, 1.82) is 0 Å². The van der Waals surface area contributed by atoms with Crippen LogP contribution in [-0.2, 0) is 9.53 Å². The highest BCUT2D eigenvalue weighted by Crippen LogP contribution is 2.14. The molecule has 0 aliphatic heterocycles. The molecule has 112 valence electrons. The third-order valence-corrected chi connectivity index (χ3v) is 2.93. The predicted molar refractivity (Wildman–Crippen MR) is 80.0 cm³/mol. The predicted octanol–water partition coefficient (Wildman–Crippen LogP) is 2.70. The number of benzene rings is 1. The smallest absolute Gasteiger partial charge is 0.261 e. The number of carbonyl (C=O) groups is 1. The molecule has 0 aromatic heterocycles. The van der Waals surface area contributed by atoms with Gasteiger partial charge in [0.2, 0.25) is 0 Å². The molecule has 0 heterocycles. The Balaban J connectivity index is 2.37. The zero-order valence-corrected chi connectivity index (χ0v) is 12.6. The molecule has 0 saturated heterocycles. The maximum Gasteiger partial charge on any atom is 0.261 e. The Labute approximate surface area is 121 Å². The van der Waals surface area contributed by atoms with Crippen LogP contribution in [0.15, 0.2) is 24.3 Å². The van der Waals surface area contributed by atoms with Crippen LogP contribution in [0.25, 0.3) is 0 Å². The average molecular weight is 279 g/mol. The topological polar surface area (TPSA) is 47.6 Å². The summed E-state index contributed by atoms with van der Waals surface area (Å²) in [6, 6.07) is 7.73. The number of hydrogen-bond donors (Lipinski definition) is 1. The molecule has 1 atom stereocenters. The minimum atomic E-state index is -0.440. The van der Waals surface area contributed by atoms with Gasteiger partial charge in [-0.15, -0.1) is 0 Å². The van der Waals surface area contributed by atoms with E-state index in [1.54, 1.807) is 0 Å². The first-order valence-corrected chi connectivity index (χ1v) is 7.26. The largest absolute Gasteiger partial charge is 0.481 e. The van der Waals surface area contributed by atoms with Crippen LogP contribution in [0.5, 0.6) is 5.75 Å². The lowest BCUT2D eigenvalue weighted by molar-refractivity contribution is -0.128. The van der Waals surface area contributed by atoms with Crippen molar-refractivity contribution in [2.45, 2.75) is 39.7 Å². The zero-order valence-electron chi connectivity index (χ0n) is 12.6. The van der Waals surface area contributed by atoms with Gasteiger partial charge in [0.1, 0.15) is 5.75 Å². The third kappa shape index (κ3) is 6.06. The van der Waals surface area contributed by atoms with Crippen LogP contribution in [0.2, 0.25) is 0 Å². The summed E-state index contributed by atoms with van der Waals surface area (Å²) in [5.74, 6) is 0.663. The molecule has 4 heteroatoms. The molecule has 0 radical (unpaired) electrons. The van der Waals surface area contributed by atoms with E-state index >= 15 is 0 Å². The molecule has 0 saturated carbocycles. The molecule has 1 N–H and O–H groups in total. The van der Waals surface area contributed by atoms with Gasteiger partial charge in [-0.2, -0.15) is 0 Å². The molecule has 1 aromatic carbocycles. The van der Waals surface area contributed by atoms with E-state index in [9.17, 15) is 4.79 Å². The molecule has 0 spiro atoms. The van der Waals surface area contributed by atoms with E-state index in [0.717, 1.165) is 12.2 Å². The highest BCUT2D eigenvalue weighted by atomic mass is 16.5. The monoisotopic (exact) mass is 279 g/mol. The van der Waals surface area contributed by atoms with Crippen molar-refractivity contribution in [2.75, 3.05) is 19.8 Å². The Kier molecular flexibility index (Phi) is 7.73. The van der Waals surface area contributed by atoms with Gasteiger partial charge < -0.3 is 14.8 Å². The number of nitrogens with one attached hydrogen (secondary N) is 1. The van der Waals surface area contributed by atoms with Crippen LogP contribution in [0, 0.1) is 6.92 Å². The molecule has 0 bridgehead atoms. The van der Waals surface area contributed by atoms with E-state index in [1.165, 1.54) is 5.56 Å². The van der Waals surface area contributed by atoms with Crippen LogP contribution in [0.3, 0.4) is 0 Å². The second kappa shape index (κ2) is 9.37. The summed E-state index contributed by atoms with van der Waals surface area (Å²) in [5, 5.41) is 2.88. The molecule has 20 heavy (non-hydrogen) atoms. The van der Waals surface area contributed by atoms with Crippen molar-refractivity contribution >= 4 is 5.91 Å². The Morgan fingerprint density at radius 3 is 2.55 bits per heavy atom. The lowest BCUT2D eigenvalue weighted by Crippen LogP contribution is -2.38. The fraction of sp³-hybridized carbons (Fsp3) is 0.562. The van der Waals surface area contributed by atoms with Gasteiger partial charge >= 0.3 is 0 Å². The minimum absolute atomic E-state index is 0.0652. The summed E-state index contributed by atoms with van der Waals surface area (Å²) in [4.78, 5) is 12.0. The molecule has 1 aromatic rings. The van der Waals surface area contributed by atoms with E-state index in [1.807, 2.05) is 45.0 Å². The Bertz CT molecular complexity index is 389. The molecular formula is C16H25NO3. The van der Waals surface area contributed by atoms with Crippen molar-refractivity contribution in [1.82, 2.24) is 5.32 Å². The molecule has 1 amide bonds. The maximum absolute atomic E-state index is 12.0. The summed E-state index contributed by atoms with van der Waals surface area (Å²) < 4.78 is 10.9. The number of hydrogen-bond acceptors (Lipinski definition) is 3. The number of aryl methyl sites for hydroxylation is 1.